The number of esters is 1. The van der Waals surface area contributed by atoms with E-state index in [1.807, 2.05) is 14.4 Å². The van der Waals surface area contributed by atoms with Gasteiger partial charge in [0.05, 0.1) is 42.3 Å². The van der Waals surface area contributed by atoms with E-state index in [0.29, 0.717) is 48.8 Å². The molecule has 232 valence electrons. The van der Waals surface area contributed by atoms with Crippen LogP contribution in [0.1, 0.15) is 43.1 Å². The molecule has 1 aliphatic carbocycles. The molecule has 3 fully saturated rings. The topological polar surface area (TPSA) is 113 Å². The van der Waals surface area contributed by atoms with E-state index >= 15 is 8.78 Å². The largest absolute Gasteiger partial charge is 0.462 e. The summed E-state index contributed by atoms with van der Waals surface area (Å²) in [6.07, 6.45) is 2.18. The predicted molar refractivity (Wildman–Crippen MR) is 160 cm³/mol. The fraction of sp³-hybridized carbons (Fsp3) is 0.419. The van der Waals surface area contributed by atoms with E-state index in [0.717, 1.165) is 12.8 Å². The van der Waals surface area contributed by atoms with E-state index in [4.69, 9.17) is 9.47 Å². The first-order valence-electron chi connectivity index (χ1n) is 14.7. The number of anilines is 3. The Hall–Kier alpha value is -4.68. The Morgan fingerprint density at radius 1 is 1.00 bits per heavy atom. The van der Waals surface area contributed by atoms with Crippen molar-refractivity contribution in [3.63, 3.8) is 0 Å². The van der Waals surface area contributed by atoms with Gasteiger partial charge in [-0.25, -0.2) is 18.4 Å². The number of carbonyl (C=O) groups excluding carboxylic acids is 3. The lowest BCUT2D eigenvalue weighted by Crippen LogP contribution is -2.47. The fourth-order valence-corrected chi connectivity index (χ4v) is 5.81. The molecular formula is C31H33F2N5O6. The monoisotopic (exact) mass is 609 g/mol. The molecule has 1 unspecified atom stereocenters. The second-order valence-corrected chi connectivity index (χ2v) is 11.2. The molecule has 2 amide bonds. The van der Waals surface area contributed by atoms with Gasteiger partial charge >= 0.3 is 12.1 Å². The fourth-order valence-electron chi connectivity index (χ4n) is 5.81. The molecule has 44 heavy (non-hydrogen) atoms. The molecule has 2 saturated heterocycles. The lowest BCUT2D eigenvalue weighted by molar-refractivity contribution is -0.119. The van der Waals surface area contributed by atoms with Crippen LogP contribution in [0.25, 0.3) is 10.9 Å². The highest BCUT2D eigenvalue weighted by atomic mass is 19.1. The van der Waals surface area contributed by atoms with Gasteiger partial charge < -0.3 is 29.2 Å². The summed E-state index contributed by atoms with van der Waals surface area (Å²) >= 11 is 0. The van der Waals surface area contributed by atoms with Gasteiger partial charge in [-0.3, -0.25) is 14.5 Å². The average Bonchev–Trinajstić information content (AvgIpc) is 3.77. The minimum atomic E-state index is -0.721. The number of nitrogens with zero attached hydrogens (tertiary/aromatic N) is 4. The predicted octanol–water partition coefficient (Wildman–Crippen LogP) is 3.58. The summed E-state index contributed by atoms with van der Waals surface area (Å²) < 4.78 is 43.0. The molecule has 3 heterocycles. The van der Waals surface area contributed by atoms with Crippen LogP contribution in [0.3, 0.4) is 0 Å². The SMILES string of the molecule is CCOC(=O)c1cn(C2CC2)c2cc(N3CCN(c4ccc(N5CC(CNC(C)=O)OC5=O)cc4F)CC3)c(F)cc2c1=O. The maximum atomic E-state index is 15.5. The number of pyridine rings is 1. The summed E-state index contributed by atoms with van der Waals surface area (Å²) in [5.74, 6) is -2.03. The Balaban J connectivity index is 1.18. The van der Waals surface area contributed by atoms with Gasteiger partial charge in [-0.2, -0.15) is 0 Å². The molecular weight excluding hydrogens is 576 g/mol. The van der Waals surface area contributed by atoms with Crippen molar-refractivity contribution >= 4 is 45.9 Å². The van der Waals surface area contributed by atoms with Crippen LogP contribution in [0.2, 0.25) is 0 Å². The quantitative estimate of drug-likeness (QED) is 0.386. The highest BCUT2D eigenvalue weighted by molar-refractivity contribution is 5.95. The number of aromatic nitrogens is 1. The van der Waals surface area contributed by atoms with Crippen LogP contribution in [-0.2, 0) is 14.3 Å². The number of rotatable bonds is 8. The molecule has 0 spiro atoms. The first-order chi connectivity index (χ1) is 21.1. The van der Waals surface area contributed by atoms with E-state index in [1.165, 1.54) is 30.2 Å². The summed E-state index contributed by atoms with van der Waals surface area (Å²) in [4.78, 5) is 54.1. The lowest BCUT2D eigenvalue weighted by atomic mass is 10.1. The van der Waals surface area contributed by atoms with Crippen LogP contribution >= 0.6 is 0 Å². The maximum Gasteiger partial charge on any atom is 0.414 e. The first kappa shape index (κ1) is 29.4. The number of piperazine rings is 1. The van der Waals surface area contributed by atoms with Gasteiger partial charge in [0.15, 0.2) is 0 Å². The number of ether oxygens (including phenoxy) is 2. The molecule has 1 atom stereocenters. The maximum absolute atomic E-state index is 15.5. The number of nitrogens with one attached hydrogen (secondary N) is 1. The molecule has 6 rings (SSSR count). The Bertz CT molecular complexity index is 1700. The van der Waals surface area contributed by atoms with Crippen molar-refractivity contribution in [3.05, 3.63) is 63.9 Å². The highest BCUT2D eigenvalue weighted by Gasteiger charge is 2.33. The summed E-state index contributed by atoms with van der Waals surface area (Å²) in [6.45, 7) is 5.15. The average molecular weight is 610 g/mol. The lowest BCUT2D eigenvalue weighted by Gasteiger charge is -2.37. The van der Waals surface area contributed by atoms with E-state index in [1.54, 1.807) is 25.1 Å². The molecule has 3 aromatic rings. The van der Waals surface area contributed by atoms with Crippen molar-refractivity contribution in [2.45, 2.75) is 38.8 Å². The number of benzene rings is 2. The molecule has 11 nitrogen and oxygen atoms in total. The van der Waals surface area contributed by atoms with Crippen molar-refractivity contribution in [3.8, 4) is 0 Å². The van der Waals surface area contributed by atoms with Crippen molar-refractivity contribution in [2.75, 3.05) is 60.6 Å². The van der Waals surface area contributed by atoms with Crippen LogP contribution in [0, 0.1) is 11.6 Å². The minimum absolute atomic E-state index is 0.105. The van der Waals surface area contributed by atoms with E-state index in [2.05, 4.69) is 5.32 Å². The molecule has 1 aromatic heterocycles. The highest BCUT2D eigenvalue weighted by Crippen LogP contribution is 2.38. The third kappa shape index (κ3) is 5.65. The number of halogens is 2. The van der Waals surface area contributed by atoms with Crippen LogP contribution in [0.15, 0.2) is 41.3 Å². The summed E-state index contributed by atoms with van der Waals surface area (Å²) in [6, 6.07) is 7.53. The minimum Gasteiger partial charge on any atom is -0.462 e. The summed E-state index contributed by atoms with van der Waals surface area (Å²) in [7, 11) is 0. The third-order valence-corrected chi connectivity index (χ3v) is 8.19. The van der Waals surface area contributed by atoms with Crippen molar-refractivity contribution < 1.29 is 32.6 Å². The molecule has 1 N–H and O–H groups in total. The second-order valence-electron chi connectivity index (χ2n) is 11.2. The number of fused-ring (bicyclic) bond motifs is 1. The second kappa shape index (κ2) is 11.8. The summed E-state index contributed by atoms with van der Waals surface area (Å²) in [5.41, 5.74) is 0.953. The third-order valence-electron chi connectivity index (χ3n) is 8.19. The van der Waals surface area contributed by atoms with Gasteiger partial charge in [0.2, 0.25) is 11.3 Å². The Morgan fingerprint density at radius 3 is 2.32 bits per heavy atom. The molecule has 3 aliphatic rings. The van der Waals surface area contributed by atoms with E-state index in [9.17, 15) is 19.2 Å². The standard InChI is InChI=1S/C31H33F2N5O6/c1-3-43-30(41)23-17-37(19-4-5-19)27-14-28(25(33)13-22(27)29(23)40)36-10-8-35(9-11-36)26-7-6-20(12-24(26)32)38-16-21(44-31(38)42)15-34-18(2)39/h6-7,12-14,17,19,21H,3-5,8-11,15-16H2,1-2H3,(H,34,39). The zero-order chi connectivity index (χ0) is 31.1. The molecule has 1 saturated carbocycles. The number of cyclic esters (lactones) is 1. The van der Waals surface area contributed by atoms with Gasteiger partial charge in [0.1, 0.15) is 23.3 Å². The van der Waals surface area contributed by atoms with Gasteiger partial charge in [-0.1, -0.05) is 0 Å². The Kier molecular flexibility index (Phi) is 7.87. The zero-order valence-electron chi connectivity index (χ0n) is 24.5. The van der Waals surface area contributed by atoms with E-state index < -0.39 is 35.2 Å². The zero-order valence-corrected chi connectivity index (χ0v) is 24.5. The number of amides is 2. The van der Waals surface area contributed by atoms with Crippen LogP contribution in [0.5, 0.6) is 0 Å². The summed E-state index contributed by atoms with van der Waals surface area (Å²) in [5, 5.41) is 2.74. The van der Waals surface area contributed by atoms with Gasteiger partial charge in [-0.05, 0) is 50.1 Å². The normalized spacial score (nSPS) is 18.5. The van der Waals surface area contributed by atoms with Crippen molar-refractivity contribution in [1.82, 2.24) is 9.88 Å². The molecule has 13 heteroatoms. The van der Waals surface area contributed by atoms with E-state index in [-0.39, 0.29) is 42.6 Å². The van der Waals surface area contributed by atoms with Crippen LogP contribution < -0.4 is 25.4 Å². The van der Waals surface area contributed by atoms with Gasteiger partial charge in [-0.15, -0.1) is 0 Å². The Labute approximate surface area is 251 Å². The first-order valence-corrected chi connectivity index (χ1v) is 14.7. The molecule has 0 radical (unpaired) electrons. The van der Waals surface area contributed by atoms with Crippen molar-refractivity contribution in [2.24, 2.45) is 0 Å². The van der Waals surface area contributed by atoms with Gasteiger partial charge in [0.25, 0.3) is 0 Å². The number of hydrogen-bond acceptors (Lipinski definition) is 8. The van der Waals surface area contributed by atoms with Crippen LogP contribution in [0.4, 0.5) is 30.6 Å². The smallest absolute Gasteiger partial charge is 0.414 e. The number of carbonyl (C=O) groups is 3. The number of hydrogen-bond donors (Lipinski definition) is 1. The van der Waals surface area contributed by atoms with Crippen LogP contribution in [-0.4, -0.2) is 74.5 Å². The van der Waals surface area contributed by atoms with Crippen molar-refractivity contribution in [1.29, 1.82) is 0 Å². The molecule has 2 aromatic carbocycles. The molecule has 2 aliphatic heterocycles. The Morgan fingerprint density at radius 2 is 1.68 bits per heavy atom. The molecule has 0 bridgehead atoms. The van der Waals surface area contributed by atoms with Gasteiger partial charge in [0, 0.05) is 50.7 Å².